The molecule has 84 valence electrons. The van der Waals surface area contributed by atoms with Gasteiger partial charge in [0.05, 0.1) is 6.04 Å². The first kappa shape index (κ1) is 13.4. The molecule has 0 radical (unpaired) electrons. The molecule has 1 unspecified atom stereocenters. The molecule has 0 spiro atoms. The fraction of sp³-hybridized carbons (Fsp3) is 0.909. The topological polar surface area (TPSA) is 55.1 Å². The van der Waals surface area contributed by atoms with E-state index >= 15 is 0 Å². The predicted molar refractivity (Wildman–Crippen MR) is 60.0 cm³/mol. The van der Waals surface area contributed by atoms with Gasteiger partial charge in [0.15, 0.2) is 0 Å². The molecule has 0 aliphatic heterocycles. The van der Waals surface area contributed by atoms with Crippen LogP contribution < -0.4 is 11.1 Å². The monoisotopic (exact) mass is 200 g/mol. The molecule has 14 heavy (non-hydrogen) atoms. The van der Waals surface area contributed by atoms with Crippen LogP contribution in [0.1, 0.15) is 53.4 Å². The molecule has 0 rings (SSSR count). The van der Waals surface area contributed by atoms with E-state index in [0.717, 1.165) is 25.7 Å². The zero-order valence-electron chi connectivity index (χ0n) is 9.89. The number of carbonyl (C=O) groups is 1. The minimum atomic E-state index is -0.350. The highest BCUT2D eigenvalue weighted by molar-refractivity contribution is 5.82. The van der Waals surface area contributed by atoms with Crippen LogP contribution in [-0.2, 0) is 4.79 Å². The lowest BCUT2D eigenvalue weighted by molar-refractivity contribution is -0.124. The number of hydrogen-bond acceptors (Lipinski definition) is 2. The van der Waals surface area contributed by atoms with E-state index in [1.54, 1.807) is 0 Å². The van der Waals surface area contributed by atoms with Crippen molar-refractivity contribution in [3.8, 4) is 0 Å². The van der Waals surface area contributed by atoms with Crippen LogP contribution in [0.5, 0.6) is 0 Å². The van der Waals surface area contributed by atoms with Crippen LogP contribution in [0, 0.1) is 0 Å². The maximum absolute atomic E-state index is 11.6. The van der Waals surface area contributed by atoms with E-state index in [1.807, 2.05) is 6.92 Å². The van der Waals surface area contributed by atoms with Gasteiger partial charge in [0, 0.05) is 5.54 Å². The van der Waals surface area contributed by atoms with Gasteiger partial charge in [-0.2, -0.15) is 0 Å². The summed E-state index contributed by atoms with van der Waals surface area (Å²) in [6.07, 6.45) is 3.58. The lowest BCUT2D eigenvalue weighted by Crippen LogP contribution is -2.51. The van der Waals surface area contributed by atoms with E-state index in [-0.39, 0.29) is 17.5 Å². The molecule has 0 aromatic heterocycles. The van der Waals surface area contributed by atoms with E-state index in [2.05, 4.69) is 26.1 Å². The first-order valence-electron chi connectivity index (χ1n) is 5.56. The summed E-state index contributed by atoms with van der Waals surface area (Å²) in [4.78, 5) is 11.6. The Kier molecular flexibility index (Phi) is 5.77. The first-order valence-corrected chi connectivity index (χ1v) is 5.56. The molecule has 1 amide bonds. The Labute approximate surface area is 87.4 Å². The van der Waals surface area contributed by atoms with Crippen molar-refractivity contribution in [2.45, 2.75) is 65.0 Å². The van der Waals surface area contributed by atoms with Crippen molar-refractivity contribution in [3.05, 3.63) is 0 Å². The normalized spacial score (nSPS) is 13.8. The minimum absolute atomic E-state index is 0.0157. The highest BCUT2D eigenvalue weighted by atomic mass is 16.2. The Balaban J connectivity index is 4.15. The van der Waals surface area contributed by atoms with Crippen molar-refractivity contribution in [3.63, 3.8) is 0 Å². The molecule has 3 heteroatoms. The van der Waals surface area contributed by atoms with Crippen LogP contribution in [0.2, 0.25) is 0 Å². The summed E-state index contributed by atoms with van der Waals surface area (Å²) >= 11 is 0. The van der Waals surface area contributed by atoms with Gasteiger partial charge in [-0.25, -0.2) is 0 Å². The summed E-state index contributed by atoms with van der Waals surface area (Å²) in [6, 6.07) is -0.350. The maximum Gasteiger partial charge on any atom is 0.237 e. The van der Waals surface area contributed by atoms with Crippen molar-refractivity contribution in [2.24, 2.45) is 5.73 Å². The number of carbonyl (C=O) groups excluding carboxylic acids is 1. The Hall–Kier alpha value is -0.570. The Bertz CT molecular complexity index is 176. The first-order chi connectivity index (χ1) is 6.49. The third-order valence-electron chi connectivity index (χ3n) is 2.92. The molecule has 1 atom stereocenters. The molecule has 0 aromatic rings. The van der Waals surface area contributed by atoms with Crippen molar-refractivity contribution in [2.75, 3.05) is 0 Å². The molecule has 0 saturated heterocycles. The van der Waals surface area contributed by atoms with Crippen LogP contribution in [0.3, 0.4) is 0 Å². The zero-order valence-corrected chi connectivity index (χ0v) is 9.89. The van der Waals surface area contributed by atoms with Gasteiger partial charge >= 0.3 is 0 Å². The number of nitrogens with two attached hydrogens (primary N) is 1. The summed E-state index contributed by atoms with van der Waals surface area (Å²) in [5.41, 5.74) is 5.64. The zero-order chi connectivity index (χ0) is 11.2. The number of nitrogens with one attached hydrogen (secondary N) is 1. The predicted octanol–water partition coefficient (Wildman–Crippen LogP) is 1.81. The fourth-order valence-corrected chi connectivity index (χ4v) is 1.26. The fourth-order valence-electron chi connectivity index (χ4n) is 1.26. The molecule has 0 aliphatic carbocycles. The third-order valence-corrected chi connectivity index (χ3v) is 2.92. The molecule has 0 heterocycles. The highest BCUT2D eigenvalue weighted by Gasteiger charge is 2.24. The number of rotatable bonds is 6. The van der Waals surface area contributed by atoms with E-state index in [1.165, 1.54) is 0 Å². The molecule has 3 N–H and O–H groups in total. The molecular formula is C11H24N2O. The molecule has 0 bridgehead atoms. The largest absolute Gasteiger partial charge is 0.350 e. The Morgan fingerprint density at radius 2 is 1.86 bits per heavy atom. The van der Waals surface area contributed by atoms with Gasteiger partial charge < -0.3 is 11.1 Å². The van der Waals surface area contributed by atoms with E-state index in [4.69, 9.17) is 5.73 Å². The summed E-state index contributed by atoms with van der Waals surface area (Å²) in [7, 11) is 0. The second-order valence-corrected chi connectivity index (χ2v) is 4.15. The molecular weight excluding hydrogens is 176 g/mol. The van der Waals surface area contributed by atoms with Crippen LogP contribution >= 0.6 is 0 Å². The Morgan fingerprint density at radius 1 is 1.36 bits per heavy atom. The molecule has 0 fully saturated rings. The van der Waals surface area contributed by atoms with Gasteiger partial charge in [0.2, 0.25) is 5.91 Å². The SMILES string of the molecule is CCCC(N)C(=O)NC(C)(CC)CC. The smallest absolute Gasteiger partial charge is 0.237 e. The molecule has 0 aliphatic rings. The minimum Gasteiger partial charge on any atom is -0.350 e. The van der Waals surface area contributed by atoms with Gasteiger partial charge in [-0.3, -0.25) is 4.79 Å². The van der Waals surface area contributed by atoms with Crippen molar-refractivity contribution in [1.82, 2.24) is 5.32 Å². The van der Waals surface area contributed by atoms with Gasteiger partial charge in [0.25, 0.3) is 0 Å². The van der Waals surface area contributed by atoms with Gasteiger partial charge in [-0.05, 0) is 26.2 Å². The van der Waals surface area contributed by atoms with Gasteiger partial charge in [0.1, 0.15) is 0 Å². The summed E-state index contributed by atoms with van der Waals surface area (Å²) in [5, 5.41) is 3.01. The number of amides is 1. The summed E-state index contributed by atoms with van der Waals surface area (Å²) in [5.74, 6) is -0.0157. The van der Waals surface area contributed by atoms with Gasteiger partial charge in [-0.1, -0.05) is 27.2 Å². The molecule has 0 saturated carbocycles. The third kappa shape index (κ3) is 4.09. The van der Waals surface area contributed by atoms with Gasteiger partial charge in [-0.15, -0.1) is 0 Å². The van der Waals surface area contributed by atoms with Crippen molar-refractivity contribution in [1.29, 1.82) is 0 Å². The van der Waals surface area contributed by atoms with Crippen LogP contribution in [0.4, 0.5) is 0 Å². The lowest BCUT2D eigenvalue weighted by Gasteiger charge is -2.29. The van der Waals surface area contributed by atoms with Crippen LogP contribution in [0.25, 0.3) is 0 Å². The van der Waals surface area contributed by atoms with Crippen LogP contribution in [0.15, 0.2) is 0 Å². The standard InChI is InChI=1S/C11H24N2O/c1-5-8-9(12)10(14)13-11(4,6-2)7-3/h9H,5-8,12H2,1-4H3,(H,13,14). The quantitative estimate of drug-likeness (QED) is 0.687. The number of hydrogen-bond donors (Lipinski definition) is 2. The van der Waals surface area contributed by atoms with Crippen LogP contribution in [-0.4, -0.2) is 17.5 Å². The Morgan fingerprint density at radius 3 is 2.21 bits per heavy atom. The summed E-state index contributed by atoms with van der Waals surface area (Å²) < 4.78 is 0. The molecule has 0 aromatic carbocycles. The maximum atomic E-state index is 11.6. The van der Waals surface area contributed by atoms with E-state index in [0.29, 0.717) is 0 Å². The second-order valence-electron chi connectivity index (χ2n) is 4.15. The van der Waals surface area contributed by atoms with E-state index in [9.17, 15) is 4.79 Å². The average molecular weight is 200 g/mol. The van der Waals surface area contributed by atoms with E-state index < -0.39 is 0 Å². The van der Waals surface area contributed by atoms with Crippen molar-refractivity contribution >= 4 is 5.91 Å². The highest BCUT2D eigenvalue weighted by Crippen LogP contribution is 2.13. The van der Waals surface area contributed by atoms with Crippen molar-refractivity contribution < 1.29 is 4.79 Å². The lowest BCUT2D eigenvalue weighted by atomic mass is 9.95. The average Bonchev–Trinajstić information content (AvgIpc) is 2.18. The molecule has 3 nitrogen and oxygen atoms in total. The second kappa shape index (κ2) is 6.02. The summed E-state index contributed by atoms with van der Waals surface area (Å²) in [6.45, 7) is 8.25.